The van der Waals surface area contributed by atoms with E-state index in [-0.39, 0.29) is 5.54 Å². The number of rotatable bonds is 1. The van der Waals surface area contributed by atoms with Gasteiger partial charge in [-0.1, -0.05) is 43.5 Å². The second-order valence-corrected chi connectivity index (χ2v) is 6.43. The van der Waals surface area contributed by atoms with Crippen LogP contribution in [0.4, 0.5) is 0 Å². The van der Waals surface area contributed by atoms with E-state index in [1.54, 1.807) is 0 Å². The molecular weight excluding hydrogens is 250 g/mol. The maximum atomic E-state index is 11.5. The van der Waals surface area contributed by atoms with Gasteiger partial charge in [0.05, 0.1) is 18.8 Å². The summed E-state index contributed by atoms with van der Waals surface area (Å²) >= 11 is 0. The van der Waals surface area contributed by atoms with Crippen LogP contribution < -0.4 is 0 Å². The molecule has 0 spiro atoms. The van der Waals surface area contributed by atoms with Gasteiger partial charge in [0.2, 0.25) is 0 Å². The summed E-state index contributed by atoms with van der Waals surface area (Å²) in [5.74, 6) is 0. The Morgan fingerprint density at radius 3 is 2.45 bits per heavy atom. The number of hydrogen-bond acceptors (Lipinski definition) is 3. The number of ether oxygens (including phenoxy) is 1. The molecule has 1 aromatic rings. The number of hydrogen-bond donors (Lipinski definition) is 1. The monoisotopic (exact) mass is 273 g/mol. The highest BCUT2D eigenvalue weighted by Crippen LogP contribution is 2.62. The Morgan fingerprint density at radius 2 is 1.65 bits per heavy atom. The molecule has 2 aliphatic carbocycles. The third-order valence-electron chi connectivity index (χ3n) is 5.63. The quantitative estimate of drug-likeness (QED) is 0.852. The van der Waals surface area contributed by atoms with E-state index in [4.69, 9.17) is 4.74 Å². The molecule has 1 saturated heterocycles. The molecule has 3 nitrogen and oxygen atoms in total. The molecule has 3 aliphatic rings. The summed E-state index contributed by atoms with van der Waals surface area (Å²) in [6.45, 7) is 3.47. The molecule has 2 atom stereocenters. The molecule has 2 fully saturated rings. The Hall–Kier alpha value is -0.900. The van der Waals surface area contributed by atoms with Crippen molar-refractivity contribution >= 4 is 0 Å². The van der Waals surface area contributed by atoms with Crippen molar-refractivity contribution in [3.05, 3.63) is 35.4 Å². The smallest absolute Gasteiger partial charge is 0.112 e. The van der Waals surface area contributed by atoms with Gasteiger partial charge < -0.3 is 9.84 Å². The number of benzene rings is 1. The van der Waals surface area contributed by atoms with Gasteiger partial charge in [0, 0.05) is 13.1 Å². The highest BCUT2D eigenvalue weighted by Gasteiger charge is 2.64. The lowest BCUT2D eigenvalue weighted by Gasteiger charge is -2.62. The van der Waals surface area contributed by atoms with Crippen LogP contribution in [-0.2, 0) is 15.9 Å². The lowest BCUT2D eigenvalue weighted by molar-refractivity contribution is -0.179. The molecule has 1 aliphatic heterocycles. The van der Waals surface area contributed by atoms with Gasteiger partial charge in [-0.3, -0.25) is 4.90 Å². The van der Waals surface area contributed by atoms with E-state index in [2.05, 4.69) is 29.2 Å². The minimum Gasteiger partial charge on any atom is -0.383 e. The van der Waals surface area contributed by atoms with Crippen LogP contribution in [0.3, 0.4) is 0 Å². The molecule has 0 bridgehead atoms. The molecule has 0 aromatic heterocycles. The first-order chi connectivity index (χ1) is 9.79. The van der Waals surface area contributed by atoms with Gasteiger partial charge >= 0.3 is 0 Å². The van der Waals surface area contributed by atoms with Crippen LogP contribution in [0.5, 0.6) is 0 Å². The molecule has 1 saturated carbocycles. The number of morpholine rings is 1. The van der Waals surface area contributed by atoms with Gasteiger partial charge in [-0.2, -0.15) is 0 Å². The van der Waals surface area contributed by atoms with Crippen molar-refractivity contribution in [3.63, 3.8) is 0 Å². The normalized spacial score (nSPS) is 37.5. The molecule has 0 unspecified atom stereocenters. The van der Waals surface area contributed by atoms with E-state index in [1.807, 2.05) is 0 Å². The van der Waals surface area contributed by atoms with Crippen molar-refractivity contribution in [1.82, 2.24) is 4.90 Å². The fourth-order valence-corrected chi connectivity index (χ4v) is 4.74. The van der Waals surface area contributed by atoms with Crippen molar-refractivity contribution in [2.75, 3.05) is 26.3 Å². The zero-order valence-corrected chi connectivity index (χ0v) is 12.0. The third kappa shape index (κ3) is 1.46. The van der Waals surface area contributed by atoms with E-state index in [0.29, 0.717) is 0 Å². The predicted octanol–water partition coefficient (Wildman–Crippen LogP) is 2.38. The maximum Gasteiger partial charge on any atom is 0.112 e. The highest BCUT2D eigenvalue weighted by molar-refractivity contribution is 5.52. The number of aliphatic hydroxyl groups is 1. The van der Waals surface area contributed by atoms with Gasteiger partial charge in [-0.05, 0) is 24.0 Å². The topological polar surface area (TPSA) is 32.7 Å². The van der Waals surface area contributed by atoms with Crippen LogP contribution in [0.15, 0.2) is 24.3 Å². The Balaban J connectivity index is 1.84. The first-order valence-corrected chi connectivity index (χ1v) is 7.94. The van der Waals surface area contributed by atoms with Crippen LogP contribution in [0, 0.1) is 0 Å². The number of nitrogens with zero attached hydrogens (tertiary/aromatic N) is 1. The molecule has 1 aromatic carbocycles. The van der Waals surface area contributed by atoms with Gasteiger partial charge in [-0.25, -0.2) is 0 Å². The number of fused-ring (bicyclic) bond motifs is 4. The largest absolute Gasteiger partial charge is 0.383 e. The van der Waals surface area contributed by atoms with Gasteiger partial charge in [0.1, 0.15) is 5.60 Å². The minimum absolute atomic E-state index is 0.149. The summed E-state index contributed by atoms with van der Waals surface area (Å²) < 4.78 is 5.52. The zero-order valence-electron chi connectivity index (χ0n) is 12.0. The Labute approximate surface area is 120 Å². The average molecular weight is 273 g/mol. The van der Waals surface area contributed by atoms with Crippen molar-refractivity contribution in [3.8, 4) is 0 Å². The van der Waals surface area contributed by atoms with E-state index in [9.17, 15) is 5.11 Å². The van der Waals surface area contributed by atoms with Crippen molar-refractivity contribution in [2.45, 2.75) is 43.2 Å². The molecule has 108 valence electrons. The lowest BCUT2D eigenvalue weighted by atomic mass is 9.55. The summed E-state index contributed by atoms with van der Waals surface area (Å²) in [5.41, 5.74) is 1.75. The second-order valence-electron chi connectivity index (χ2n) is 6.43. The van der Waals surface area contributed by atoms with E-state index >= 15 is 0 Å². The van der Waals surface area contributed by atoms with Gasteiger partial charge in [0.15, 0.2) is 0 Å². The molecule has 3 heteroatoms. The van der Waals surface area contributed by atoms with Crippen molar-refractivity contribution < 1.29 is 9.84 Å². The van der Waals surface area contributed by atoms with E-state index < -0.39 is 5.60 Å². The average Bonchev–Trinajstić information content (AvgIpc) is 2.65. The molecule has 0 amide bonds. The van der Waals surface area contributed by atoms with Crippen LogP contribution in [-0.4, -0.2) is 36.3 Å². The van der Waals surface area contributed by atoms with Crippen LogP contribution >= 0.6 is 0 Å². The summed E-state index contributed by atoms with van der Waals surface area (Å²) in [5, 5.41) is 11.5. The van der Waals surface area contributed by atoms with Crippen molar-refractivity contribution in [1.29, 1.82) is 0 Å². The maximum absolute atomic E-state index is 11.5. The molecule has 20 heavy (non-hydrogen) atoms. The van der Waals surface area contributed by atoms with E-state index in [1.165, 1.54) is 24.0 Å². The summed E-state index contributed by atoms with van der Waals surface area (Å²) in [6, 6.07) is 8.53. The van der Waals surface area contributed by atoms with Gasteiger partial charge in [-0.15, -0.1) is 0 Å². The SMILES string of the molecule is O[C@@]12CCCCC[C@@]1(N1CCOCC1)c1ccccc12. The Morgan fingerprint density at radius 1 is 0.950 bits per heavy atom. The van der Waals surface area contributed by atoms with Crippen LogP contribution in [0.25, 0.3) is 0 Å². The standard InChI is InChI=1S/C17H23NO2/c19-17-9-5-1-4-8-16(17,18-10-12-20-13-11-18)14-6-2-3-7-15(14)17/h2-3,6-7,19H,1,4-5,8-13H2/t16-,17-/m1/s1. The predicted molar refractivity (Wildman–Crippen MR) is 77.5 cm³/mol. The molecule has 1 N–H and O–H groups in total. The third-order valence-corrected chi connectivity index (χ3v) is 5.63. The molecule has 0 radical (unpaired) electrons. The second kappa shape index (κ2) is 4.55. The lowest BCUT2D eigenvalue weighted by Crippen LogP contribution is -2.68. The molecule has 4 rings (SSSR count). The summed E-state index contributed by atoms with van der Waals surface area (Å²) in [6.07, 6.45) is 5.58. The fraction of sp³-hybridized carbons (Fsp3) is 0.647. The molecular formula is C17H23NO2. The fourth-order valence-electron chi connectivity index (χ4n) is 4.74. The first-order valence-electron chi connectivity index (χ1n) is 7.94. The minimum atomic E-state index is -0.641. The first kappa shape index (κ1) is 12.8. The summed E-state index contributed by atoms with van der Waals surface area (Å²) in [7, 11) is 0. The Kier molecular flexibility index (Phi) is 2.92. The highest BCUT2D eigenvalue weighted by atomic mass is 16.5. The van der Waals surface area contributed by atoms with Crippen LogP contribution in [0.1, 0.15) is 43.2 Å². The van der Waals surface area contributed by atoms with Gasteiger partial charge in [0.25, 0.3) is 0 Å². The van der Waals surface area contributed by atoms with E-state index in [0.717, 1.165) is 45.6 Å². The Bertz CT molecular complexity index is 511. The summed E-state index contributed by atoms with van der Waals surface area (Å²) in [4.78, 5) is 2.50. The molecule has 1 heterocycles. The van der Waals surface area contributed by atoms with Crippen LogP contribution in [0.2, 0.25) is 0 Å². The van der Waals surface area contributed by atoms with Crippen molar-refractivity contribution in [2.24, 2.45) is 0 Å². The zero-order chi connectivity index (χ0) is 13.6.